The smallest absolute Gasteiger partial charge is 0.336 e. The highest BCUT2D eigenvalue weighted by Crippen LogP contribution is 2.23. The van der Waals surface area contributed by atoms with Gasteiger partial charge in [0.25, 0.3) is 0 Å². The molecule has 0 unspecified atom stereocenters. The van der Waals surface area contributed by atoms with E-state index in [1.807, 2.05) is 43.3 Å². The first-order chi connectivity index (χ1) is 7.74. The molecule has 1 N–H and O–H groups in total. The zero-order valence-corrected chi connectivity index (χ0v) is 8.97. The summed E-state index contributed by atoms with van der Waals surface area (Å²) in [4.78, 5) is 11.1. The van der Waals surface area contributed by atoms with Gasteiger partial charge in [-0.1, -0.05) is 42.5 Å². The minimum Gasteiger partial charge on any atom is -0.478 e. The van der Waals surface area contributed by atoms with E-state index in [9.17, 15) is 4.79 Å². The standard InChI is InChI=1S/C14H12O2/c1-2-5-10-6-3-8-12-11(10)7-4-9-13(12)14(15)16/h2-9H,1H3,(H,15,16). The maximum Gasteiger partial charge on any atom is 0.336 e. The van der Waals surface area contributed by atoms with Crippen LogP contribution >= 0.6 is 0 Å². The van der Waals surface area contributed by atoms with E-state index in [0.717, 1.165) is 16.3 Å². The highest BCUT2D eigenvalue weighted by Gasteiger charge is 2.08. The van der Waals surface area contributed by atoms with Gasteiger partial charge < -0.3 is 5.11 Å². The first-order valence-electron chi connectivity index (χ1n) is 5.12. The van der Waals surface area contributed by atoms with Crippen LogP contribution in [0.2, 0.25) is 0 Å². The van der Waals surface area contributed by atoms with Crippen molar-refractivity contribution in [3.05, 3.63) is 53.6 Å². The van der Waals surface area contributed by atoms with Crippen molar-refractivity contribution in [3.63, 3.8) is 0 Å². The summed E-state index contributed by atoms with van der Waals surface area (Å²) in [5.74, 6) is -0.886. The van der Waals surface area contributed by atoms with Crippen molar-refractivity contribution in [3.8, 4) is 0 Å². The van der Waals surface area contributed by atoms with Gasteiger partial charge in [0.05, 0.1) is 5.56 Å². The molecule has 2 rings (SSSR count). The molecular weight excluding hydrogens is 200 g/mol. The topological polar surface area (TPSA) is 37.3 Å². The second kappa shape index (κ2) is 4.19. The van der Waals surface area contributed by atoms with Crippen LogP contribution in [-0.4, -0.2) is 11.1 Å². The van der Waals surface area contributed by atoms with Crippen LogP contribution in [0.1, 0.15) is 22.8 Å². The van der Waals surface area contributed by atoms with Crippen molar-refractivity contribution in [2.45, 2.75) is 6.92 Å². The molecule has 0 atom stereocenters. The van der Waals surface area contributed by atoms with E-state index in [1.165, 1.54) is 0 Å². The lowest BCUT2D eigenvalue weighted by Gasteiger charge is -2.05. The van der Waals surface area contributed by atoms with Crippen LogP contribution in [0.25, 0.3) is 16.8 Å². The Morgan fingerprint density at radius 2 is 1.81 bits per heavy atom. The van der Waals surface area contributed by atoms with Crippen LogP contribution in [0.5, 0.6) is 0 Å². The van der Waals surface area contributed by atoms with Gasteiger partial charge in [-0.15, -0.1) is 0 Å². The molecular formula is C14H12O2. The molecule has 0 bridgehead atoms. The Balaban J connectivity index is 2.81. The molecule has 0 radical (unpaired) electrons. The third-order valence-corrected chi connectivity index (χ3v) is 2.53. The third kappa shape index (κ3) is 1.70. The van der Waals surface area contributed by atoms with Crippen molar-refractivity contribution in [2.75, 3.05) is 0 Å². The van der Waals surface area contributed by atoms with Gasteiger partial charge in [0.15, 0.2) is 0 Å². The maximum absolute atomic E-state index is 11.1. The second-order valence-electron chi connectivity index (χ2n) is 3.55. The fourth-order valence-corrected chi connectivity index (χ4v) is 1.85. The number of hydrogen-bond donors (Lipinski definition) is 1. The minimum atomic E-state index is -0.886. The van der Waals surface area contributed by atoms with Gasteiger partial charge in [-0.25, -0.2) is 4.79 Å². The Hall–Kier alpha value is -2.09. The molecule has 2 nitrogen and oxygen atoms in total. The molecule has 80 valence electrons. The number of hydrogen-bond acceptors (Lipinski definition) is 1. The number of carbonyl (C=O) groups is 1. The molecule has 0 saturated carbocycles. The molecule has 2 aromatic rings. The molecule has 16 heavy (non-hydrogen) atoms. The van der Waals surface area contributed by atoms with Crippen molar-refractivity contribution in [1.29, 1.82) is 0 Å². The Morgan fingerprint density at radius 3 is 2.50 bits per heavy atom. The van der Waals surface area contributed by atoms with Gasteiger partial charge in [-0.3, -0.25) is 0 Å². The number of allylic oxidation sites excluding steroid dienone is 1. The Kier molecular flexibility index (Phi) is 2.73. The van der Waals surface area contributed by atoms with E-state index in [-0.39, 0.29) is 0 Å². The molecule has 0 fully saturated rings. The van der Waals surface area contributed by atoms with Crippen LogP contribution < -0.4 is 0 Å². The second-order valence-corrected chi connectivity index (χ2v) is 3.55. The van der Waals surface area contributed by atoms with Gasteiger partial charge in [0, 0.05) is 0 Å². The maximum atomic E-state index is 11.1. The number of fused-ring (bicyclic) bond motifs is 1. The average Bonchev–Trinajstić information content (AvgIpc) is 2.29. The van der Waals surface area contributed by atoms with Crippen molar-refractivity contribution >= 4 is 22.8 Å². The molecule has 0 aliphatic rings. The van der Waals surface area contributed by atoms with Crippen LogP contribution in [0.4, 0.5) is 0 Å². The van der Waals surface area contributed by atoms with Gasteiger partial charge in [0.1, 0.15) is 0 Å². The van der Waals surface area contributed by atoms with Gasteiger partial charge >= 0.3 is 5.97 Å². The van der Waals surface area contributed by atoms with Gasteiger partial charge in [-0.2, -0.15) is 0 Å². The zero-order chi connectivity index (χ0) is 11.5. The Labute approximate surface area is 93.8 Å². The molecule has 0 aliphatic heterocycles. The van der Waals surface area contributed by atoms with E-state index in [4.69, 9.17) is 5.11 Å². The van der Waals surface area contributed by atoms with E-state index in [1.54, 1.807) is 12.1 Å². The number of aromatic carboxylic acids is 1. The molecule has 2 aromatic carbocycles. The predicted octanol–water partition coefficient (Wildman–Crippen LogP) is 3.57. The number of benzene rings is 2. The largest absolute Gasteiger partial charge is 0.478 e. The van der Waals surface area contributed by atoms with Crippen molar-refractivity contribution in [2.24, 2.45) is 0 Å². The number of rotatable bonds is 2. The molecule has 0 amide bonds. The van der Waals surface area contributed by atoms with Crippen LogP contribution in [-0.2, 0) is 0 Å². The molecule has 0 aromatic heterocycles. The molecule has 0 heterocycles. The molecule has 2 heteroatoms. The predicted molar refractivity (Wildman–Crippen MR) is 65.6 cm³/mol. The lowest BCUT2D eigenvalue weighted by Crippen LogP contribution is -1.97. The van der Waals surface area contributed by atoms with Gasteiger partial charge in [0.2, 0.25) is 0 Å². The Bertz CT molecular complexity index is 568. The summed E-state index contributed by atoms with van der Waals surface area (Å²) in [5.41, 5.74) is 1.40. The van der Waals surface area contributed by atoms with Crippen LogP contribution in [0.3, 0.4) is 0 Å². The van der Waals surface area contributed by atoms with Crippen molar-refractivity contribution in [1.82, 2.24) is 0 Å². The fraction of sp³-hybridized carbons (Fsp3) is 0.0714. The lowest BCUT2D eigenvalue weighted by atomic mass is 10.00. The molecule has 0 saturated heterocycles. The summed E-state index contributed by atoms with van der Waals surface area (Å²) < 4.78 is 0. The molecule has 0 aliphatic carbocycles. The normalized spacial score (nSPS) is 11.1. The van der Waals surface area contributed by atoms with Crippen LogP contribution in [0.15, 0.2) is 42.5 Å². The fourth-order valence-electron chi connectivity index (χ4n) is 1.85. The summed E-state index contributed by atoms with van der Waals surface area (Å²) in [6.45, 7) is 1.94. The van der Waals surface area contributed by atoms with E-state index in [2.05, 4.69) is 0 Å². The Morgan fingerprint density at radius 1 is 1.12 bits per heavy atom. The van der Waals surface area contributed by atoms with Crippen molar-refractivity contribution < 1.29 is 9.90 Å². The SMILES string of the molecule is CC=Cc1cccc2c(C(=O)O)cccc12. The van der Waals surface area contributed by atoms with E-state index >= 15 is 0 Å². The zero-order valence-electron chi connectivity index (χ0n) is 8.97. The quantitative estimate of drug-likeness (QED) is 0.826. The van der Waals surface area contributed by atoms with Crippen LogP contribution in [0, 0.1) is 0 Å². The summed E-state index contributed by atoms with van der Waals surface area (Å²) in [6.07, 6.45) is 3.93. The average molecular weight is 212 g/mol. The highest BCUT2D eigenvalue weighted by atomic mass is 16.4. The highest BCUT2D eigenvalue weighted by molar-refractivity contribution is 6.05. The first kappa shape index (κ1) is 10.4. The van der Waals surface area contributed by atoms with E-state index in [0.29, 0.717) is 5.56 Å². The van der Waals surface area contributed by atoms with E-state index < -0.39 is 5.97 Å². The monoisotopic (exact) mass is 212 g/mol. The first-order valence-corrected chi connectivity index (χ1v) is 5.12. The summed E-state index contributed by atoms with van der Waals surface area (Å²) >= 11 is 0. The number of carboxylic acids is 1. The number of carboxylic acid groups (broad SMARTS) is 1. The minimum absolute atomic E-state index is 0.351. The lowest BCUT2D eigenvalue weighted by molar-refractivity contribution is 0.0699. The third-order valence-electron chi connectivity index (χ3n) is 2.53. The summed E-state index contributed by atoms with van der Waals surface area (Å²) in [7, 11) is 0. The van der Waals surface area contributed by atoms with Gasteiger partial charge in [-0.05, 0) is 29.3 Å². The summed E-state index contributed by atoms with van der Waals surface area (Å²) in [6, 6.07) is 11.0. The molecule has 0 spiro atoms. The summed E-state index contributed by atoms with van der Waals surface area (Å²) in [5, 5.41) is 10.8.